The molecular formula is C16H18ClN3O. The molecule has 0 aliphatic carbocycles. The minimum Gasteiger partial charge on any atom is -0.384 e. The molecule has 1 unspecified atom stereocenters. The van der Waals surface area contributed by atoms with E-state index in [0.717, 1.165) is 17.8 Å². The fourth-order valence-corrected chi connectivity index (χ4v) is 2.17. The molecule has 1 amide bonds. The molecule has 0 aliphatic heterocycles. The number of hydrogen-bond donors (Lipinski definition) is 2. The first-order valence-electron chi connectivity index (χ1n) is 6.86. The number of amides is 1. The van der Waals surface area contributed by atoms with E-state index in [4.69, 9.17) is 11.6 Å². The summed E-state index contributed by atoms with van der Waals surface area (Å²) < 4.78 is 0. The highest BCUT2D eigenvalue weighted by Gasteiger charge is 2.12. The molecule has 2 N–H and O–H groups in total. The van der Waals surface area contributed by atoms with E-state index in [1.54, 1.807) is 18.3 Å². The van der Waals surface area contributed by atoms with Gasteiger partial charge in [-0.1, -0.05) is 23.7 Å². The van der Waals surface area contributed by atoms with Gasteiger partial charge < -0.3 is 10.6 Å². The van der Waals surface area contributed by atoms with Crippen molar-refractivity contribution >= 4 is 23.2 Å². The third-order valence-electron chi connectivity index (χ3n) is 3.07. The lowest BCUT2D eigenvalue weighted by Gasteiger charge is -2.14. The lowest BCUT2D eigenvalue weighted by molar-refractivity contribution is 0.0935. The molecule has 0 saturated heterocycles. The number of carbonyl (C=O) groups excluding carboxylic acids is 1. The van der Waals surface area contributed by atoms with Crippen LogP contribution in [0, 0.1) is 0 Å². The molecule has 4 nitrogen and oxygen atoms in total. The Kier molecular flexibility index (Phi) is 5.17. The summed E-state index contributed by atoms with van der Waals surface area (Å²) in [6.07, 6.45) is 1.66. The van der Waals surface area contributed by atoms with Crippen LogP contribution < -0.4 is 10.6 Å². The van der Waals surface area contributed by atoms with Gasteiger partial charge in [0.25, 0.3) is 5.91 Å². The average molecular weight is 304 g/mol. The number of nitrogens with one attached hydrogen (secondary N) is 2. The minimum atomic E-state index is -0.203. The van der Waals surface area contributed by atoms with Crippen LogP contribution in [0.1, 0.15) is 35.9 Å². The number of rotatable bonds is 5. The SMILES string of the molecule is CCNc1ccc(C(=O)NC(C)c2cccc(Cl)c2)nc1. The third-order valence-corrected chi connectivity index (χ3v) is 3.31. The van der Waals surface area contributed by atoms with Gasteiger partial charge in [-0.25, -0.2) is 4.98 Å². The number of aromatic nitrogens is 1. The van der Waals surface area contributed by atoms with E-state index in [2.05, 4.69) is 15.6 Å². The van der Waals surface area contributed by atoms with Crippen LogP contribution in [0.5, 0.6) is 0 Å². The number of pyridine rings is 1. The molecule has 1 heterocycles. The summed E-state index contributed by atoms with van der Waals surface area (Å²) in [6.45, 7) is 4.74. The standard InChI is InChI=1S/C16H18ClN3O/c1-3-18-14-7-8-15(19-10-14)16(21)20-11(2)12-5-4-6-13(17)9-12/h4-11,18H,3H2,1-2H3,(H,20,21). The van der Waals surface area contributed by atoms with Crippen molar-refractivity contribution < 1.29 is 4.79 Å². The lowest BCUT2D eigenvalue weighted by Crippen LogP contribution is -2.27. The Morgan fingerprint density at radius 1 is 1.33 bits per heavy atom. The van der Waals surface area contributed by atoms with Crippen molar-refractivity contribution in [1.29, 1.82) is 0 Å². The molecule has 21 heavy (non-hydrogen) atoms. The molecule has 1 aromatic heterocycles. The molecular weight excluding hydrogens is 286 g/mol. The molecule has 0 aliphatic rings. The van der Waals surface area contributed by atoms with Gasteiger partial charge >= 0.3 is 0 Å². The Morgan fingerprint density at radius 3 is 2.76 bits per heavy atom. The average Bonchev–Trinajstić information content (AvgIpc) is 2.48. The van der Waals surface area contributed by atoms with Gasteiger partial charge in [-0.05, 0) is 43.7 Å². The molecule has 0 spiro atoms. The van der Waals surface area contributed by atoms with Crippen LogP contribution in [0.15, 0.2) is 42.6 Å². The van der Waals surface area contributed by atoms with Crippen LogP contribution in [-0.2, 0) is 0 Å². The van der Waals surface area contributed by atoms with Gasteiger partial charge in [0.15, 0.2) is 0 Å². The highest BCUT2D eigenvalue weighted by Crippen LogP contribution is 2.17. The largest absolute Gasteiger partial charge is 0.384 e. The van der Waals surface area contributed by atoms with Crippen LogP contribution in [0.25, 0.3) is 0 Å². The molecule has 2 rings (SSSR count). The smallest absolute Gasteiger partial charge is 0.270 e. The van der Waals surface area contributed by atoms with Crippen LogP contribution in [0.2, 0.25) is 5.02 Å². The Bertz CT molecular complexity index is 613. The van der Waals surface area contributed by atoms with E-state index in [-0.39, 0.29) is 11.9 Å². The maximum Gasteiger partial charge on any atom is 0.270 e. The van der Waals surface area contributed by atoms with Crippen LogP contribution in [-0.4, -0.2) is 17.4 Å². The predicted octanol–water partition coefficient (Wildman–Crippen LogP) is 3.66. The molecule has 0 fully saturated rings. The van der Waals surface area contributed by atoms with Gasteiger partial charge in [-0.15, -0.1) is 0 Å². The van der Waals surface area contributed by atoms with Crippen LogP contribution in [0.3, 0.4) is 0 Å². The molecule has 1 atom stereocenters. The molecule has 5 heteroatoms. The Balaban J connectivity index is 2.03. The van der Waals surface area contributed by atoms with Crippen molar-refractivity contribution in [3.63, 3.8) is 0 Å². The quantitative estimate of drug-likeness (QED) is 0.886. The third kappa shape index (κ3) is 4.20. The zero-order chi connectivity index (χ0) is 15.2. The monoisotopic (exact) mass is 303 g/mol. The summed E-state index contributed by atoms with van der Waals surface area (Å²) in [6, 6.07) is 10.9. The number of halogens is 1. The van der Waals surface area contributed by atoms with E-state index < -0.39 is 0 Å². The van der Waals surface area contributed by atoms with Crippen LogP contribution >= 0.6 is 11.6 Å². The zero-order valence-corrected chi connectivity index (χ0v) is 12.8. The fourth-order valence-electron chi connectivity index (χ4n) is 1.97. The molecule has 110 valence electrons. The van der Waals surface area contributed by atoms with Crippen molar-refractivity contribution in [2.75, 3.05) is 11.9 Å². The van der Waals surface area contributed by atoms with Crippen molar-refractivity contribution in [2.24, 2.45) is 0 Å². The van der Waals surface area contributed by atoms with Gasteiger partial charge in [-0.3, -0.25) is 4.79 Å². The van der Waals surface area contributed by atoms with E-state index in [1.807, 2.05) is 38.1 Å². The number of nitrogens with zero attached hydrogens (tertiary/aromatic N) is 1. The van der Waals surface area contributed by atoms with Gasteiger partial charge in [0, 0.05) is 11.6 Å². The summed E-state index contributed by atoms with van der Waals surface area (Å²) in [5.74, 6) is -0.203. The first-order valence-corrected chi connectivity index (χ1v) is 7.24. The number of hydrogen-bond acceptors (Lipinski definition) is 3. The van der Waals surface area contributed by atoms with E-state index in [1.165, 1.54) is 0 Å². The van der Waals surface area contributed by atoms with E-state index >= 15 is 0 Å². The van der Waals surface area contributed by atoms with Gasteiger partial charge in [0.05, 0.1) is 17.9 Å². The highest BCUT2D eigenvalue weighted by molar-refractivity contribution is 6.30. The molecule has 0 bridgehead atoms. The second kappa shape index (κ2) is 7.09. The second-order valence-electron chi connectivity index (χ2n) is 4.71. The minimum absolute atomic E-state index is 0.133. The Labute approximate surface area is 129 Å². The maximum absolute atomic E-state index is 12.2. The van der Waals surface area contributed by atoms with Crippen LogP contribution in [0.4, 0.5) is 5.69 Å². The van der Waals surface area contributed by atoms with E-state index in [0.29, 0.717) is 10.7 Å². The fraction of sp³-hybridized carbons (Fsp3) is 0.250. The number of anilines is 1. The zero-order valence-electron chi connectivity index (χ0n) is 12.1. The highest BCUT2D eigenvalue weighted by atomic mass is 35.5. The number of benzene rings is 1. The van der Waals surface area contributed by atoms with Crippen molar-refractivity contribution in [2.45, 2.75) is 19.9 Å². The van der Waals surface area contributed by atoms with Gasteiger partial charge in [0.1, 0.15) is 5.69 Å². The molecule has 1 aromatic carbocycles. The summed E-state index contributed by atoms with van der Waals surface area (Å²) >= 11 is 5.96. The molecule has 2 aromatic rings. The summed E-state index contributed by atoms with van der Waals surface area (Å²) in [4.78, 5) is 16.3. The lowest BCUT2D eigenvalue weighted by atomic mass is 10.1. The summed E-state index contributed by atoms with van der Waals surface area (Å²) in [7, 11) is 0. The van der Waals surface area contributed by atoms with Gasteiger partial charge in [0.2, 0.25) is 0 Å². The molecule has 0 saturated carbocycles. The topological polar surface area (TPSA) is 54.0 Å². The van der Waals surface area contributed by atoms with Gasteiger partial charge in [-0.2, -0.15) is 0 Å². The van der Waals surface area contributed by atoms with Crippen molar-refractivity contribution in [3.05, 3.63) is 58.9 Å². The second-order valence-corrected chi connectivity index (χ2v) is 5.15. The Morgan fingerprint density at radius 2 is 2.14 bits per heavy atom. The van der Waals surface area contributed by atoms with Crippen molar-refractivity contribution in [1.82, 2.24) is 10.3 Å². The number of carbonyl (C=O) groups is 1. The maximum atomic E-state index is 12.2. The van der Waals surface area contributed by atoms with Crippen molar-refractivity contribution in [3.8, 4) is 0 Å². The first-order chi connectivity index (χ1) is 10.1. The molecule has 0 radical (unpaired) electrons. The first kappa shape index (κ1) is 15.3. The Hall–Kier alpha value is -2.07. The predicted molar refractivity (Wildman–Crippen MR) is 85.7 cm³/mol. The summed E-state index contributed by atoms with van der Waals surface area (Å²) in [5.41, 5.74) is 2.25. The van der Waals surface area contributed by atoms with E-state index in [9.17, 15) is 4.79 Å². The summed E-state index contributed by atoms with van der Waals surface area (Å²) in [5, 5.41) is 6.70. The normalized spacial score (nSPS) is 11.8.